The summed E-state index contributed by atoms with van der Waals surface area (Å²) in [4.78, 5) is 46.2. The van der Waals surface area contributed by atoms with Crippen LogP contribution in [0, 0.1) is 6.92 Å². The van der Waals surface area contributed by atoms with E-state index in [2.05, 4.69) is 4.98 Å². The van der Waals surface area contributed by atoms with Crippen LogP contribution in [0.5, 0.6) is 0 Å². The molecule has 4 rings (SSSR count). The van der Waals surface area contributed by atoms with Gasteiger partial charge in [-0.2, -0.15) is 0 Å². The van der Waals surface area contributed by atoms with Gasteiger partial charge >= 0.3 is 5.97 Å². The Labute approximate surface area is 142 Å². The van der Waals surface area contributed by atoms with Gasteiger partial charge < -0.3 is 4.84 Å². The number of fused-ring (bicyclic) bond motifs is 2. The highest BCUT2D eigenvalue weighted by atomic mass is 16.7. The number of carbonyl (C=O) groups is 3. The summed E-state index contributed by atoms with van der Waals surface area (Å²) in [5.41, 5.74) is 1.94. The van der Waals surface area contributed by atoms with E-state index in [9.17, 15) is 14.4 Å². The summed E-state index contributed by atoms with van der Waals surface area (Å²) in [6.07, 6.45) is 0. The molecular weight excluding hydrogens is 320 g/mol. The second-order valence-corrected chi connectivity index (χ2v) is 5.67. The molecule has 0 N–H and O–H groups in total. The largest absolute Gasteiger partial charge is 0.382 e. The lowest BCUT2D eigenvalue weighted by Gasteiger charge is -2.13. The minimum absolute atomic E-state index is 0.0350. The zero-order valence-corrected chi connectivity index (χ0v) is 13.2. The van der Waals surface area contributed by atoms with Crippen LogP contribution < -0.4 is 0 Å². The zero-order chi connectivity index (χ0) is 17.6. The fourth-order valence-electron chi connectivity index (χ4n) is 2.83. The molecule has 6 nitrogen and oxygen atoms in total. The summed E-state index contributed by atoms with van der Waals surface area (Å²) < 4.78 is 0. The Kier molecular flexibility index (Phi) is 3.32. The molecule has 0 radical (unpaired) electrons. The standard InChI is InChI=1S/C19H12N2O4/c1-11-10-16(20-15-9-5-4-6-12(11)15)19(24)25-21-17(22)13-7-2-3-8-14(13)18(21)23/h2-10H,1H3. The molecular formula is C19H12N2O4. The van der Waals surface area contributed by atoms with Crippen LogP contribution in [0.3, 0.4) is 0 Å². The lowest BCUT2D eigenvalue weighted by atomic mass is 10.1. The normalized spacial score (nSPS) is 13.2. The van der Waals surface area contributed by atoms with Crippen molar-refractivity contribution < 1.29 is 19.2 Å². The molecule has 0 unspecified atom stereocenters. The van der Waals surface area contributed by atoms with Gasteiger partial charge in [0.2, 0.25) is 0 Å². The lowest BCUT2D eigenvalue weighted by molar-refractivity contribution is -0.0588. The van der Waals surface area contributed by atoms with Crippen molar-refractivity contribution in [1.29, 1.82) is 0 Å². The van der Waals surface area contributed by atoms with E-state index in [0.29, 0.717) is 10.6 Å². The summed E-state index contributed by atoms with van der Waals surface area (Å²) in [5.74, 6) is -2.18. The number of hydrogen-bond acceptors (Lipinski definition) is 5. The quantitative estimate of drug-likeness (QED) is 0.674. The Hall–Kier alpha value is -3.54. The first kappa shape index (κ1) is 15.0. The molecule has 0 fully saturated rings. The molecule has 2 heterocycles. The van der Waals surface area contributed by atoms with Gasteiger partial charge in [-0.25, -0.2) is 9.78 Å². The summed E-state index contributed by atoms with van der Waals surface area (Å²) in [6, 6.07) is 15.3. The number of carbonyl (C=O) groups excluding carboxylic acids is 3. The number of aryl methyl sites for hydroxylation is 1. The molecule has 0 saturated carbocycles. The highest BCUT2D eigenvalue weighted by Crippen LogP contribution is 2.24. The molecule has 2 amide bonds. The number of rotatable bonds is 2. The highest BCUT2D eigenvalue weighted by molar-refractivity contribution is 6.21. The summed E-state index contributed by atoms with van der Waals surface area (Å²) >= 11 is 0. The first-order chi connectivity index (χ1) is 12.1. The van der Waals surface area contributed by atoms with Crippen LogP contribution in [0.2, 0.25) is 0 Å². The van der Waals surface area contributed by atoms with Gasteiger partial charge in [0.15, 0.2) is 5.69 Å². The molecule has 0 bridgehead atoms. The Bertz CT molecular complexity index is 1020. The van der Waals surface area contributed by atoms with Gasteiger partial charge in [0.05, 0.1) is 16.6 Å². The van der Waals surface area contributed by atoms with Crippen molar-refractivity contribution in [2.45, 2.75) is 6.92 Å². The summed E-state index contributed by atoms with van der Waals surface area (Å²) in [5, 5.41) is 1.40. The van der Waals surface area contributed by atoms with Crippen LogP contribution >= 0.6 is 0 Å². The monoisotopic (exact) mass is 332 g/mol. The predicted octanol–water partition coefficient (Wildman–Crippen LogP) is 2.91. The predicted molar refractivity (Wildman–Crippen MR) is 88.8 cm³/mol. The van der Waals surface area contributed by atoms with Gasteiger partial charge in [-0.15, -0.1) is 0 Å². The topological polar surface area (TPSA) is 76.6 Å². The number of pyridine rings is 1. The zero-order valence-electron chi connectivity index (χ0n) is 13.2. The number of hydroxylamine groups is 2. The van der Waals surface area contributed by atoms with E-state index in [-0.39, 0.29) is 16.8 Å². The average molecular weight is 332 g/mol. The fraction of sp³-hybridized carbons (Fsp3) is 0.0526. The molecule has 1 aliphatic rings. The average Bonchev–Trinajstić information content (AvgIpc) is 2.87. The van der Waals surface area contributed by atoms with Gasteiger partial charge in [0.25, 0.3) is 11.8 Å². The van der Waals surface area contributed by atoms with Crippen molar-refractivity contribution in [3.8, 4) is 0 Å². The number of nitrogens with zero attached hydrogens (tertiary/aromatic N) is 2. The second-order valence-electron chi connectivity index (χ2n) is 5.67. The van der Waals surface area contributed by atoms with Crippen LogP contribution in [-0.2, 0) is 4.84 Å². The minimum atomic E-state index is -0.858. The van der Waals surface area contributed by atoms with Crippen LogP contribution in [0.15, 0.2) is 54.6 Å². The van der Waals surface area contributed by atoms with E-state index in [1.54, 1.807) is 24.3 Å². The van der Waals surface area contributed by atoms with Gasteiger partial charge in [-0.05, 0) is 36.8 Å². The molecule has 122 valence electrons. The number of hydrogen-bond donors (Lipinski definition) is 0. The molecule has 2 aromatic carbocycles. The van der Waals surface area contributed by atoms with Gasteiger partial charge in [-0.3, -0.25) is 9.59 Å². The maximum absolute atomic E-state index is 12.4. The molecule has 3 aromatic rings. The first-order valence-electron chi connectivity index (χ1n) is 7.63. The van der Waals surface area contributed by atoms with Crippen molar-refractivity contribution in [1.82, 2.24) is 10.0 Å². The SMILES string of the molecule is Cc1cc(C(=O)ON2C(=O)c3ccccc3C2=O)nc2ccccc12. The maximum atomic E-state index is 12.4. The number of benzene rings is 2. The maximum Gasteiger partial charge on any atom is 0.382 e. The van der Waals surface area contributed by atoms with E-state index in [1.165, 1.54) is 12.1 Å². The van der Waals surface area contributed by atoms with Crippen molar-refractivity contribution in [3.63, 3.8) is 0 Å². The molecule has 0 spiro atoms. The van der Waals surface area contributed by atoms with E-state index >= 15 is 0 Å². The van der Waals surface area contributed by atoms with Crippen molar-refractivity contribution in [2.24, 2.45) is 0 Å². The number of amides is 2. The third kappa shape index (κ3) is 2.35. The molecule has 1 aromatic heterocycles. The smallest absolute Gasteiger partial charge is 0.323 e. The fourth-order valence-corrected chi connectivity index (χ4v) is 2.83. The molecule has 0 aliphatic carbocycles. The minimum Gasteiger partial charge on any atom is -0.323 e. The van der Waals surface area contributed by atoms with Crippen LogP contribution in [0.4, 0.5) is 0 Å². The van der Waals surface area contributed by atoms with Crippen LogP contribution in [0.25, 0.3) is 10.9 Å². The number of imide groups is 1. The van der Waals surface area contributed by atoms with Crippen molar-refractivity contribution in [3.05, 3.63) is 77.0 Å². The Morgan fingerprint density at radius 2 is 1.56 bits per heavy atom. The number of aromatic nitrogens is 1. The summed E-state index contributed by atoms with van der Waals surface area (Å²) in [6.45, 7) is 1.85. The van der Waals surface area contributed by atoms with Crippen LogP contribution in [-0.4, -0.2) is 27.8 Å². The van der Waals surface area contributed by atoms with E-state index < -0.39 is 17.8 Å². The van der Waals surface area contributed by atoms with Gasteiger partial charge in [0, 0.05) is 5.39 Å². The Balaban J connectivity index is 1.65. The van der Waals surface area contributed by atoms with E-state index in [1.807, 2.05) is 25.1 Å². The number of para-hydroxylation sites is 1. The van der Waals surface area contributed by atoms with E-state index in [4.69, 9.17) is 4.84 Å². The highest BCUT2D eigenvalue weighted by Gasteiger charge is 2.39. The van der Waals surface area contributed by atoms with Crippen LogP contribution in [0.1, 0.15) is 36.8 Å². The molecule has 1 aliphatic heterocycles. The second kappa shape index (κ2) is 5.52. The third-order valence-corrected chi connectivity index (χ3v) is 4.06. The van der Waals surface area contributed by atoms with Gasteiger partial charge in [-0.1, -0.05) is 35.4 Å². The van der Waals surface area contributed by atoms with Crippen molar-refractivity contribution in [2.75, 3.05) is 0 Å². The summed E-state index contributed by atoms with van der Waals surface area (Å²) in [7, 11) is 0. The molecule has 0 atom stereocenters. The third-order valence-electron chi connectivity index (χ3n) is 4.06. The molecule has 25 heavy (non-hydrogen) atoms. The molecule has 6 heteroatoms. The van der Waals surface area contributed by atoms with Gasteiger partial charge in [0.1, 0.15) is 0 Å². The van der Waals surface area contributed by atoms with Crippen molar-refractivity contribution >= 4 is 28.7 Å². The lowest BCUT2D eigenvalue weighted by Crippen LogP contribution is -2.33. The Morgan fingerprint density at radius 1 is 0.960 bits per heavy atom. The first-order valence-corrected chi connectivity index (χ1v) is 7.63. The molecule has 0 saturated heterocycles. The van der Waals surface area contributed by atoms with E-state index in [0.717, 1.165) is 10.9 Å². The Morgan fingerprint density at radius 3 is 2.24 bits per heavy atom.